The van der Waals surface area contributed by atoms with Crippen molar-refractivity contribution < 1.29 is 4.74 Å². The Bertz CT molecular complexity index is 990. The number of aliphatic imine (C=N–C) groups is 1. The third-order valence-corrected chi connectivity index (χ3v) is 4.64. The van der Waals surface area contributed by atoms with Crippen LogP contribution in [0.25, 0.3) is 10.9 Å². The Morgan fingerprint density at radius 3 is 2.90 bits per heavy atom. The number of ether oxygens (including phenoxy) is 1. The molecule has 1 aliphatic heterocycles. The van der Waals surface area contributed by atoms with Crippen LogP contribution in [0, 0.1) is 5.41 Å². The van der Waals surface area contributed by atoms with Crippen molar-refractivity contribution in [3.63, 3.8) is 0 Å². The minimum atomic E-state index is 0.304. The highest BCUT2D eigenvalue weighted by molar-refractivity contribution is 6.05. The molecule has 0 bridgehead atoms. The van der Waals surface area contributed by atoms with Crippen molar-refractivity contribution in [1.29, 1.82) is 5.41 Å². The van der Waals surface area contributed by atoms with Crippen LogP contribution in [-0.2, 0) is 6.42 Å². The lowest BCUT2D eigenvalue weighted by Gasteiger charge is -2.20. The minimum Gasteiger partial charge on any atom is -0.490 e. The van der Waals surface area contributed by atoms with E-state index in [1.165, 1.54) is 0 Å². The number of nitrogens with one attached hydrogen (secondary N) is 3. The van der Waals surface area contributed by atoms with Gasteiger partial charge in [0.25, 0.3) is 0 Å². The topological polar surface area (TPSA) is 82.4 Å². The SMILES string of the molecule is C=C(C)/C(=N/C(=N)CCc1ccc2ccc3c(c2n1)NCCO3)N/C(C)=C\CC. The zero-order valence-electron chi connectivity index (χ0n) is 17.4. The van der Waals surface area contributed by atoms with Crippen LogP contribution in [0.15, 0.2) is 53.2 Å². The average Bonchev–Trinajstić information content (AvgIpc) is 2.71. The van der Waals surface area contributed by atoms with Gasteiger partial charge in [0.1, 0.15) is 29.7 Å². The van der Waals surface area contributed by atoms with E-state index in [0.717, 1.165) is 52.3 Å². The standard InChI is InChI=1S/C23H29N5O/c1-5-6-16(4)26-23(15(2)3)28-20(24)12-10-18-9-7-17-8-11-19-22(21(17)27-18)25-13-14-29-19/h6-9,11,25H,2,5,10,12-14H2,1,3-4H3,(H2,24,26,28)/b16-6-. The highest BCUT2D eigenvalue weighted by Crippen LogP contribution is 2.34. The van der Waals surface area contributed by atoms with Gasteiger partial charge in [0.05, 0.1) is 5.52 Å². The summed E-state index contributed by atoms with van der Waals surface area (Å²) in [4.78, 5) is 9.25. The zero-order chi connectivity index (χ0) is 20.8. The van der Waals surface area contributed by atoms with Gasteiger partial charge in [0.2, 0.25) is 0 Å². The summed E-state index contributed by atoms with van der Waals surface area (Å²) >= 11 is 0. The Morgan fingerprint density at radius 1 is 1.34 bits per heavy atom. The van der Waals surface area contributed by atoms with Gasteiger partial charge in [-0.15, -0.1) is 0 Å². The molecule has 2 aromatic rings. The molecule has 0 unspecified atom stereocenters. The molecule has 1 aliphatic rings. The third-order valence-electron chi connectivity index (χ3n) is 4.64. The maximum atomic E-state index is 8.27. The quantitative estimate of drug-likeness (QED) is 0.487. The Labute approximate surface area is 172 Å². The molecule has 29 heavy (non-hydrogen) atoms. The van der Waals surface area contributed by atoms with E-state index in [0.29, 0.717) is 31.1 Å². The van der Waals surface area contributed by atoms with Gasteiger partial charge in [-0.25, -0.2) is 4.99 Å². The van der Waals surface area contributed by atoms with Crippen LogP contribution in [0.2, 0.25) is 0 Å². The number of amidine groups is 2. The Balaban J connectivity index is 1.73. The van der Waals surface area contributed by atoms with Gasteiger partial charge in [-0.3, -0.25) is 10.4 Å². The lowest BCUT2D eigenvalue weighted by molar-refractivity contribution is 0.324. The molecular formula is C23H29N5O. The molecule has 0 radical (unpaired) electrons. The smallest absolute Gasteiger partial charge is 0.144 e. The van der Waals surface area contributed by atoms with E-state index in [1.54, 1.807) is 0 Å². The lowest BCUT2D eigenvalue weighted by atomic mass is 10.1. The second kappa shape index (κ2) is 9.37. The number of aryl methyl sites for hydroxylation is 1. The molecule has 2 heterocycles. The van der Waals surface area contributed by atoms with Crippen LogP contribution in [-0.4, -0.2) is 29.8 Å². The summed E-state index contributed by atoms with van der Waals surface area (Å²) in [7, 11) is 0. The van der Waals surface area contributed by atoms with Crippen LogP contribution in [0.1, 0.15) is 39.3 Å². The monoisotopic (exact) mass is 391 g/mol. The summed E-state index contributed by atoms with van der Waals surface area (Å²) in [5.41, 5.74) is 4.62. The predicted molar refractivity (Wildman–Crippen MR) is 121 cm³/mol. The molecule has 0 aliphatic carbocycles. The summed E-state index contributed by atoms with van der Waals surface area (Å²) in [6, 6.07) is 8.10. The number of pyridine rings is 1. The van der Waals surface area contributed by atoms with Crippen molar-refractivity contribution >= 4 is 28.3 Å². The number of anilines is 1. The van der Waals surface area contributed by atoms with Gasteiger partial charge in [0, 0.05) is 29.7 Å². The van der Waals surface area contributed by atoms with E-state index in [9.17, 15) is 0 Å². The summed E-state index contributed by atoms with van der Waals surface area (Å²) in [5.74, 6) is 1.79. The summed E-state index contributed by atoms with van der Waals surface area (Å²) in [6.07, 6.45) is 4.18. The minimum absolute atomic E-state index is 0.304. The van der Waals surface area contributed by atoms with Crippen LogP contribution in [0.4, 0.5) is 5.69 Å². The zero-order valence-corrected chi connectivity index (χ0v) is 17.4. The molecule has 0 fully saturated rings. The molecule has 0 saturated carbocycles. The fourth-order valence-electron chi connectivity index (χ4n) is 3.19. The van der Waals surface area contributed by atoms with Gasteiger partial charge >= 0.3 is 0 Å². The van der Waals surface area contributed by atoms with Crippen LogP contribution in [0.5, 0.6) is 5.75 Å². The molecule has 0 spiro atoms. The number of allylic oxidation sites excluding steroid dienone is 2. The van der Waals surface area contributed by atoms with E-state index in [2.05, 4.69) is 41.3 Å². The molecule has 0 saturated heterocycles. The van der Waals surface area contributed by atoms with Gasteiger partial charge in [0.15, 0.2) is 0 Å². The fraction of sp³-hybridized carbons (Fsp3) is 0.348. The Kier molecular flexibility index (Phi) is 6.65. The van der Waals surface area contributed by atoms with Gasteiger partial charge in [-0.2, -0.15) is 0 Å². The number of hydrogen-bond acceptors (Lipinski definition) is 4. The van der Waals surface area contributed by atoms with Crippen molar-refractivity contribution in [1.82, 2.24) is 10.3 Å². The van der Waals surface area contributed by atoms with Crippen molar-refractivity contribution in [2.75, 3.05) is 18.5 Å². The van der Waals surface area contributed by atoms with Gasteiger partial charge in [-0.05, 0) is 50.5 Å². The van der Waals surface area contributed by atoms with Crippen LogP contribution >= 0.6 is 0 Å². The first-order chi connectivity index (χ1) is 14.0. The number of benzene rings is 1. The Hall–Kier alpha value is -3.15. The molecule has 0 amide bonds. The molecule has 0 atom stereocenters. The maximum Gasteiger partial charge on any atom is 0.144 e. The third kappa shape index (κ3) is 5.22. The van der Waals surface area contributed by atoms with Crippen LogP contribution < -0.4 is 15.4 Å². The molecule has 6 nitrogen and oxygen atoms in total. The predicted octanol–water partition coefficient (Wildman–Crippen LogP) is 4.83. The first kappa shape index (κ1) is 20.6. The van der Waals surface area contributed by atoms with E-state index in [1.807, 2.05) is 32.0 Å². The van der Waals surface area contributed by atoms with Crippen molar-refractivity contribution in [3.8, 4) is 5.75 Å². The summed E-state index contributed by atoms with van der Waals surface area (Å²) < 4.78 is 5.71. The average molecular weight is 392 g/mol. The summed E-state index contributed by atoms with van der Waals surface area (Å²) in [5, 5.41) is 16.0. The normalized spacial score (nSPS) is 14.0. The molecule has 3 rings (SSSR count). The van der Waals surface area contributed by atoms with Crippen molar-refractivity contribution in [3.05, 3.63) is 53.9 Å². The van der Waals surface area contributed by atoms with Crippen LogP contribution in [0.3, 0.4) is 0 Å². The molecule has 6 heteroatoms. The number of rotatable bonds is 6. The fourth-order valence-corrected chi connectivity index (χ4v) is 3.19. The Morgan fingerprint density at radius 2 is 2.14 bits per heavy atom. The molecule has 1 aromatic carbocycles. The molecule has 152 valence electrons. The highest BCUT2D eigenvalue weighted by atomic mass is 16.5. The molecule has 1 aromatic heterocycles. The number of fused-ring (bicyclic) bond motifs is 3. The van der Waals surface area contributed by atoms with Gasteiger partial charge in [-0.1, -0.05) is 25.6 Å². The second-order valence-electron chi connectivity index (χ2n) is 7.20. The maximum absolute atomic E-state index is 8.27. The van der Waals surface area contributed by atoms with E-state index < -0.39 is 0 Å². The first-order valence-electron chi connectivity index (χ1n) is 10.0. The number of aromatic nitrogens is 1. The van der Waals surface area contributed by atoms with Gasteiger partial charge < -0.3 is 15.4 Å². The second-order valence-corrected chi connectivity index (χ2v) is 7.20. The number of hydrogen-bond donors (Lipinski definition) is 3. The lowest BCUT2D eigenvalue weighted by Crippen LogP contribution is -2.23. The summed E-state index contributed by atoms with van der Waals surface area (Å²) in [6.45, 7) is 11.4. The molecule has 3 N–H and O–H groups in total. The highest BCUT2D eigenvalue weighted by Gasteiger charge is 2.14. The number of nitrogens with zero attached hydrogens (tertiary/aromatic N) is 2. The van der Waals surface area contributed by atoms with E-state index in [4.69, 9.17) is 15.1 Å². The first-order valence-corrected chi connectivity index (χ1v) is 10.0. The van der Waals surface area contributed by atoms with Crippen molar-refractivity contribution in [2.45, 2.75) is 40.0 Å². The molecular weight excluding hydrogens is 362 g/mol. The van der Waals surface area contributed by atoms with E-state index in [-0.39, 0.29) is 0 Å². The van der Waals surface area contributed by atoms with Crippen molar-refractivity contribution in [2.24, 2.45) is 4.99 Å². The largest absolute Gasteiger partial charge is 0.490 e. The van der Waals surface area contributed by atoms with E-state index >= 15 is 0 Å².